The number of benzene rings is 3. The van der Waals surface area contributed by atoms with Gasteiger partial charge in [0, 0.05) is 6.08 Å². The first-order chi connectivity index (χ1) is 16.2. The minimum absolute atomic E-state index is 0.115. The van der Waals surface area contributed by atoms with E-state index >= 15 is 0 Å². The van der Waals surface area contributed by atoms with Gasteiger partial charge in [-0.05, 0) is 83.6 Å². The lowest BCUT2D eigenvalue weighted by molar-refractivity contribution is -0.128. The highest BCUT2D eigenvalue weighted by Crippen LogP contribution is 2.40. The quantitative estimate of drug-likeness (QED) is 0.0889. The molecule has 0 bridgehead atoms. The van der Waals surface area contributed by atoms with Gasteiger partial charge in [-0.3, -0.25) is 0 Å². The molecule has 0 heterocycles. The minimum atomic E-state index is -0.463. The lowest BCUT2D eigenvalue weighted by Crippen LogP contribution is -2.06. The summed E-state index contributed by atoms with van der Waals surface area (Å²) in [7, 11) is 0. The Balaban J connectivity index is 1.30. The molecule has 0 saturated carbocycles. The van der Waals surface area contributed by atoms with Crippen molar-refractivity contribution in [1.29, 1.82) is 0 Å². The molecule has 0 fully saturated rings. The van der Waals surface area contributed by atoms with Gasteiger partial charge in [-0.1, -0.05) is 38.5 Å². The van der Waals surface area contributed by atoms with Crippen LogP contribution in [0.15, 0.2) is 73.3 Å². The topological polar surface area (TPSA) is 54.0 Å². The lowest BCUT2D eigenvalue weighted by Gasteiger charge is -2.11. The van der Waals surface area contributed by atoms with E-state index in [2.05, 4.69) is 19.6 Å². The van der Waals surface area contributed by atoms with E-state index in [1.165, 1.54) is 18.4 Å². The van der Waals surface area contributed by atoms with Crippen LogP contribution in [0.5, 0.6) is 23.0 Å². The second-order valence-corrected chi connectivity index (χ2v) is 7.87. The van der Waals surface area contributed by atoms with Crippen molar-refractivity contribution in [2.75, 3.05) is 13.4 Å². The standard InChI is InChI=1S/C28H28O5/c1-3-5-6-15-30-22-7-9-23(10-8-22)31-19-32-24-11-13-26-20(17-24)16-21-18-25(12-14-27(21)26)33-28(29)4-2/h4,7-14,17-18H,2-3,5-6,15-16,19H2,1H3. The molecule has 4 rings (SSSR count). The van der Waals surface area contributed by atoms with Gasteiger partial charge in [-0.2, -0.15) is 0 Å². The zero-order valence-corrected chi connectivity index (χ0v) is 18.8. The molecule has 3 aromatic rings. The van der Waals surface area contributed by atoms with Crippen molar-refractivity contribution in [3.63, 3.8) is 0 Å². The van der Waals surface area contributed by atoms with E-state index in [9.17, 15) is 4.79 Å². The van der Waals surface area contributed by atoms with Crippen molar-refractivity contribution >= 4 is 5.97 Å². The van der Waals surface area contributed by atoms with E-state index in [4.69, 9.17) is 18.9 Å². The van der Waals surface area contributed by atoms with Crippen LogP contribution in [0.25, 0.3) is 11.1 Å². The molecule has 0 aromatic heterocycles. The molecule has 1 aliphatic rings. The summed E-state index contributed by atoms with van der Waals surface area (Å²) < 4.78 is 22.5. The van der Waals surface area contributed by atoms with Crippen LogP contribution in [0.2, 0.25) is 0 Å². The molecule has 1 aliphatic carbocycles. The van der Waals surface area contributed by atoms with Crippen LogP contribution < -0.4 is 18.9 Å². The highest BCUT2D eigenvalue weighted by Gasteiger charge is 2.20. The molecule has 5 heteroatoms. The number of carbonyl (C=O) groups is 1. The molecule has 0 saturated heterocycles. The number of ether oxygens (including phenoxy) is 4. The first kappa shape index (κ1) is 22.5. The predicted molar refractivity (Wildman–Crippen MR) is 128 cm³/mol. The Kier molecular flexibility index (Phi) is 7.30. The van der Waals surface area contributed by atoms with Gasteiger partial charge in [0.05, 0.1) is 6.61 Å². The number of hydrogen-bond donors (Lipinski definition) is 0. The van der Waals surface area contributed by atoms with Crippen LogP contribution in [-0.4, -0.2) is 19.4 Å². The van der Waals surface area contributed by atoms with Gasteiger partial charge >= 0.3 is 5.97 Å². The van der Waals surface area contributed by atoms with Crippen molar-refractivity contribution in [3.05, 3.63) is 84.4 Å². The Morgan fingerprint density at radius 2 is 1.39 bits per heavy atom. The normalized spacial score (nSPS) is 11.3. The van der Waals surface area contributed by atoms with E-state index in [-0.39, 0.29) is 6.79 Å². The monoisotopic (exact) mass is 444 g/mol. The first-order valence-electron chi connectivity index (χ1n) is 11.2. The zero-order chi connectivity index (χ0) is 23.0. The van der Waals surface area contributed by atoms with E-state index in [1.807, 2.05) is 48.5 Å². The number of carbonyl (C=O) groups excluding carboxylic acids is 1. The average Bonchev–Trinajstić information content (AvgIpc) is 3.19. The summed E-state index contributed by atoms with van der Waals surface area (Å²) >= 11 is 0. The summed E-state index contributed by atoms with van der Waals surface area (Å²) in [5.41, 5.74) is 4.58. The van der Waals surface area contributed by atoms with Crippen LogP contribution in [0.3, 0.4) is 0 Å². The van der Waals surface area contributed by atoms with Crippen molar-refractivity contribution in [1.82, 2.24) is 0 Å². The van der Waals surface area contributed by atoms with Gasteiger partial charge in [0.2, 0.25) is 6.79 Å². The predicted octanol–water partition coefficient (Wildman–Crippen LogP) is 6.33. The molecular formula is C28H28O5. The number of unbranched alkanes of at least 4 members (excludes halogenated alkanes) is 2. The summed E-state index contributed by atoms with van der Waals surface area (Å²) in [6, 6.07) is 19.3. The number of esters is 1. The van der Waals surface area contributed by atoms with Crippen molar-refractivity contribution in [3.8, 4) is 34.1 Å². The third kappa shape index (κ3) is 5.75. The molecule has 0 N–H and O–H groups in total. The van der Waals surface area contributed by atoms with Gasteiger partial charge in [0.1, 0.15) is 23.0 Å². The van der Waals surface area contributed by atoms with Crippen LogP contribution in [-0.2, 0) is 11.2 Å². The highest BCUT2D eigenvalue weighted by atomic mass is 16.7. The van der Waals surface area contributed by atoms with Crippen molar-refractivity contribution in [2.45, 2.75) is 32.6 Å². The second-order valence-electron chi connectivity index (χ2n) is 7.87. The molecule has 33 heavy (non-hydrogen) atoms. The van der Waals surface area contributed by atoms with Gasteiger partial charge in [-0.25, -0.2) is 4.79 Å². The third-order valence-corrected chi connectivity index (χ3v) is 5.50. The van der Waals surface area contributed by atoms with Gasteiger partial charge in [0.15, 0.2) is 0 Å². The Hall–Kier alpha value is -3.73. The molecule has 0 atom stereocenters. The molecule has 0 amide bonds. The van der Waals surface area contributed by atoms with Crippen molar-refractivity contribution in [2.24, 2.45) is 0 Å². The number of fused-ring (bicyclic) bond motifs is 3. The van der Waals surface area contributed by atoms with Crippen LogP contribution in [0.1, 0.15) is 37.3 Å². The Morgan fingerprint density at radius 1 is 0.818 bits per heavy atom. The zero-order valence-electron chi connectivity index (χ0n) is 18.8. The Bertz CT molecular complexity index is 1120. The molecule has 0 aliphatic heterocycles. The van der Waals surface area contributed by atoms with Crippen LogP contribution in [0, 0.1) is 0 Å². The summed E-state index contributed by atoms with van der Waals surface area (Å²) in [6.07, 6.45) is 5.34. The fourth-order valence-electron chi connectivity index (χ4n) is 3.81. The third-order valence-electron chi connectivity index (χ3n) is 5.50. The van der Waals surface area contributed by atoms with E-state index < -0.39 is 5.97 Å². The number of hydrogen-bond acceptors (Lipinski definition) is 5. The first-order valence-corrected chi connectivity index (χ1v) is 11.2. The highest BCUT2D eigenvalue weighted by molar-refractivity contribution is 5.84. The molecular weight excluding hydrogens is 416 g/mol. The summed E-state index contributed by atoms with van der Waals surface area (Å²) in [5, 5.41) is 0. The lowest BCUT2D eigenvalue weighted by atomic mass is 10.1. The molecule has 170 valence electrons. The second kappa shape index (κ2) is 10.7. The average molecular weight is 445 g/mol. The summed E-state index contributed by atoms with van der Waals surface area (Å²) in [5.74, 6) is 2.38. The summed E-state index contributed by atoms with van der Waals surface area (Å²) in [4.78, 5) is 11.5. The smallest absolute Gasteiger partial charge is 0.335 e. The van der Waals surface area contributed by atoms with Gasteiger partial charge < -0.3 is 18.9 Å². The fourth-order valence-corrected chi connectivity index (χ4v) is 3.81. The maximum Gasteiger partial charge on any atom is 0.335 e. The van der Waals surface area contributed by atoms with E-state index in [1.54, 1.807) is 6.07 Å². The summed E-state index contributed by atoms with van der Waals surface area (Å²) in [6.45, 7) is 6.46. The van der Waals surface area contributed by atoms with Crippen LogP contribution >= 0.6 is 0 Å². The van der Waals surface area contributed by atoms with Gasteiger partial charge in [0.25, 0.3) is 0 Å². The Labute approximate surface area is 194 Å². The SMILES string of the molecule is C=CC(=O)Oc1ccc2c(c1)Cc1cc(OCOc3ccc(OCCCCC)cc3)ccc1-2. The largest absolute Gasteiger partial charge is 0.494 e. The molecule has 3 aromatic carbocycles. The van der Waals surface area contributed by atoms with Crippen molar-refractivity contribution < 1.29 is 23.7 Å². The minimum Gasteiger partial charge on any atom is -0.494 e. The maximum atomic E-state index is 11.5. The van der Waals surface area contributed by atoms with Crippen LogP contribution in [0.4, 0.5) is 0 Å². The maximum absolute atomic E-state index is 11.5. The van der Waals surface area contributed by atoms with E-state index in [0.717, 1.165) is 59.5 Å². The molecule has 5 nitrogen and oxygen atoms in total. The fraction of sp³-hybridized carbons (Fsp3) is 0.250. The van der Waals surface area contributed by atoms with Gasteiger partial charge in [-0.15, -0.1) is 0 Å². The Morgan fingerprint density at radius 3 is 2.06 bits per heavy atom. The number of rotatable bonds is 11. The molecule has 0 unspecified atom stereocenters. The van der Waals surface area contributed by atoms with E-state index in [0.29, 0.717) is 5.75 Å². The molecule has 0 radical (unpaired) electrons. The molecule has 0 spiro atoms.